The Labute approximate surface area is 114 Å². The van der Waals surface area contributed by atoms with Crippen LogP contribution in [0.15, 0.2) is 0 Å². The average molecular weight is 290 g/mol. The van der Waals surface area contributed by atoms with Crippen LogP contribution in [0.2, 0.25) is 0 Å². The molecule has 2 saturated heterocycles. The van der Waals surface area contributed by atoms with E-state index < -0.39 is 61.0 Å². The zero-order valence-electron chi connectivity index (χ0n) is 10.8. The fraction of sp³-hybridized carbons (Fsp3) is 0.818. The fourth-order valence-electron chi connectivity index (χ4n) is 2.75. The second-order valence-corrected chi connectivity index (χ2v) is 5.07. The molecule has 0 bridgehead atoms. The second kappa shape index (κ2) is 5.26. The van der Waals surface area contributed by atoms with Gasteiger partial charge in [0, 0.05) is 6.92 Å². The SMILES string of the molecule is CC(=O)N[C@@]1(CO)C(=O)N[C@@H]2[C@@H](O)[C@@H](O)[C@@H](CO)O[C@@H]21. The highest BCUT2D eigenvalue weighted by Gasteiger charge is 2.62. The van der Waals surface area contributed by atoms with Crippen LogP contribution in [0.3, 0.4) is 0 Å². The van der Waals surface area contributed by atoms with Gasteiger partial charge in [-0.15, -0.1) is 0 Å². The molecule has 0 aliphatic carbocycles. The summed E-state index contributed by atoms with van der Waals surface area (Å²) in [5.74, 6) is -1.27. The molecule has 0 saturated carbocycles. The van der Waals surface area contributed by atoms with Gasteiger partial charge in [0.15, 0.2) is 5.54 Å². The molecule has 0 aromatic rings. The molecule has 6 atom stereocenters. The topological polar surface area (TPSA) is 148 Å². The Morgan fingerprint density at radius 3 is 2.55 bits per heavy atom. The number of amides is 2. The zero-order valence-corrected chi connectivity index (χ0v) is 10.8. The third-order valence-electron chi connectivity index (χ3n) is 3.76. The highest BCUT2D eigenvalue weighted by Crippen LogP contribution is 2.33. The van der Waals surface area contributed by atoms with Crippen molar-refractivity contribution in [3.05, 3.63) is 0 Å². The van der Waals surface area contributed by atoms with E-state index in [2.05, 4.69) is 10.6 Å². The number of rotatable bonds is 3. The van der Waals surface area contributed by atoms with Crippen LogP contribution >= 0.6 is 0 Å². The zero-order chi connectivity index (χ0) is 15.1. The number of aliphatic hydroxyl groups excluding tert-OH is 4. The first-order valence-corrected chi connectivity index (χ1v) is 6.20. The Kier molecular flexibility index (Phi) is 3.98. The van der Waals surface area contributed by atoms with Gasteiger partial charge in [-0.1, -0.05) is 0 Å². The molecule has 9 nitrogen and oxygen atoms in total. The van der Waals surface area contributed by atoms with E-state index >= 15 is 0 Å². The fourth-order valence-corrected chi connectivity index (χ4v) is 2.75. The summed E-state index contributed by atoms with van der Waals surface area (Å²) < 4.78 is 5.40. The third kappa shape index (κ3) is 2.07. The first kappa shape index (κ1) is 15.1. The first-order chi connectivity index (χ1) is 9.37. The van der Waals surface area contributed by atoms with Crippen LogP contribution in [0.5, 0.6) is 0 Å². The minimum absolute atomic E-state index is 0.556. The lowest BCUT2D eigenvalue weighted by atomic mass is 9.85. The number of hydrogen-bond acceptors (Lipinski definition) is 7. The summed E-state index contributed by atoms with van der Waals surface area (Å²) in [5.41, 5.74) is -1.75. The molecule has 9 heteroatoms. The molecule has 2 fully saturated rings. The molecule has 2 aliphatic heterocycles. The predicted octanol–water partition coefficient (Wildman–Crippen LogP) is -4.17. The van der Waals surface area contributed by atoms with Crippen molar-refractivity contribution in [2.45, 2.75) is 42.9 Å². The van der Waals surface area contributed by atoms with Gasteiger partial charge < -0.3 is 35.8 Å². The van der Waals surface area contributed by atoms with Crippen LogP contribution in [-0.4, -0.2) is 81.5 Å². The smallest absolute Gasteiger partial charge is 0.251 e. The number of ether oxygens (including phenoxy) is 1. The molecular weight excluding hydrogens is 272 g/mol. The van der Waals surface area contributed by atoms with E-state index in [0.717, 1.165) is 0 Å². The number of hydrogen-bond donors (Lipinski definition) is 6. The Morgan fingerprint density at radius 1 is 1.40 bits per heavy atom. The lowest BCUT2D eigenvalue weighted by molar-refractivity contribution is -0.201. The van der Waals surface area contributed by atoms with Crippen LogP contribution in [0.25, 0.3) is 0 Å². The van der Waals surface area contributed by atoms with E-state index in [4.69, 9.17) is 9.84 Å². The highest BCUT2D eigenvalue weighted by molar-refractivity contribution is 5.94. The van der Waals surface area contributed by atoms with Gasteiger partial charge in [-0.2, -0.15) is 0 Å². The van der Waals surface area contributed by atoms with Gasteiger partial charge in [-0.25, -0.2) is 0 Å². The molecule has 20 heavy (non-hydrogen) atoms. The standard InChI is InChI=1S/C11H18N2O7/c1-4(16)13-11(3-15)9-6(12-10(11)19)8(18)7(17)5(2-14)20-9/h5-9,14-15,17-18H,2-3H2,1H3,(H,12,19)(H,13,16)/t5-,6-,7+,8-,9+,11-/m1/s1. The van der Waals surface area contributed by atoms with Crippen LogP contribution in [0, 0.1) is 0 Å². The van der Waals surface area contributed by atoms with Crippen LogP contribution in [-0.2, 0) is 14.3 Å². The van der Waals surface area contributed by atoms with Gasteiger partial charge >= 0.3 is 0 Å². The van der Waals surface area contributed by atoms with Crippen molar-refractivity contribution in [2.75, 3.05) is 13.2 Å². The van der Waals surface area contributed by atoms with Gasteiger partial charge in [0.1, 0.15) is 24.4 Å². The monoisotopic (exact) mass is 290 g/mol. The molecule has 6 N–H and O–H groups in total. The van der Waals surface area contributed by atoms with E-state index in [1.807, 2.05) is 0 Å². The molecule has 0 radical (unpaired) electrons. The quantitative estimate of drug-likeness (QED) is 0.309. The summed E-state index contributed by atoms with van der Waals surface area (Å²) in [6.45, 7) is -0.132. The van der Waals surface area contributed by atoms with Crippen molar-refractivity contribution in [3.63, 3.8) is 0 Å². The lowest BCUT2D eigenvalue weighted by Gasteiger charge is -2.43. The number of nitrogens with one attached hydrogen (secondary N) is 2. The molecule has 2 amide bonds. The normalized spacial score (nSPS) is 43.9. The molecule has 0 aromatic heterocycles. The summed E-state index contributed by atoms with van der Waals surface area (Å²) in [5, 5.41) is 43.1. The van der Waals surface area contributed by atoms with E-state index in [1.165, 1.54) is 6.92 Å². The Bertz CT molecular complexity index is 418. The Morgan fingerprint density at radius 2 is 2.05 bits per heavy atom. The summed E-state index contributed by atoms with van der Waals surface area (Å²) in [6, 6.07) is -0.987. The number of aliphatic hydroxyl groups is 4. The molecule has 2 rings (SSSR count). The van der Waals surface area contributed by atoms with Crippen molar-refractivity contribution in [1.29, 1.82) is 0 Å². The molecular formula is C11H18N2O7. The minimum atomic E-state index is -1.75. The van der Waals surface area contributed by atoms with Crippen molar-refractivity contribution in [2.24, 2.45) is 0 Å². The van der Waals surface area contributed by atoms with Crippen molar-refractivity contribution >= 4 is 11.8 Å². The molecule has 2 heterocycles. The van der Waals surface area contributed by atoms with Gasteiger partial charge in [0.05, 0.1) is 19.3 Å². The maximum atomic E-state index is 12.1. The molecule has 0 spiro atoms. The van der Waals surface area contributed by atoms with Crippen LogP contribution < -0.4 is 10.6 Å². The van der Waals surface area contributed by atoms with Gasteiger partial charge in [0.2, 0.25) is 5.91 Å². The largest absolute Gasteiger partial charge is 0.394 e. The summed E-state index contributed by atoms with van der Waals surface area (Å²) >= 11 is 0. The van der Waals surface area contributed by atoms with Crippen LogP contribution in [0.1, 0.15) is 6.92 Å². The van der Waals surface area contributed by atoms with E-state index in [-0.39, 0.29) is 0 Å². The Hall–Kier alpha value is -1.26. The lowest BCUT2D eigenvalue weighted by Crippen LogP contribution is -2.68. The summed E-state index contributed by atoms with van der Waals surface area (Å²) in [4.78, 5) is 23.3. The maximum Gasteiger partial charge on any atom is 0.251 e. The second-order valence-electron chi connectivity index (χ2n) is 5.07. The maximum absolute atomic E-state index is 12.1. The van der Waals surface area contributed by atoms with E-state index in [9.17, 15) is 24.9 Å². The van der Waals surface area contributed by atoms with Crippen molar-refractivity contribution in [1.82, 2.24) is 10.6 Å². The summed E-state index contributed by atoms with van der Waals surface area (Å²) in [7, 11) is 0. The first-order valence-electron chi connectivity index (χ1n) is 6.20. The predicted molar refractivity (Wildman–Crippen MR) is 63.3 cm³/mol. The molecule has 2 aliphatic rings. The average Bonchev–Trinajstić information content (AvgIpc) is 2.67. The highest BCUT2D eigenvalue weighted by atomic mass is 16.5. The Balaban J connectivity index is 2.36. The molecule has 0 aromatic carbocycles. The number of fused-ring (bicyclic) bond motifs is 1. The van der Waals surface area contributed by atoms with E-state index in [0.29, 0.717) is 0 Å². The van der Waals surface area contributed by atoms with Gasteiger partial charge in [-0.3, -0.25) is 9.59 Å². The number of carbonyl (C=O) groups is 2. The minimum Gasteiger partial charge on any atom is -0.394 e. The third-order valence-corrected chi connectivity index (χ3v) is 3.76. The van der Waals surface area contributed by atoms with Crippen molar-refractivity contribution < 1.29 is 34.8 Å². The van der Waals surface area contributed by atoms with Gasteiger partial charge in [0.25, 0.3) is 5.91 Å². The van der Waals surface area contributed by atoms with Crippen LogP contribution in [0.4, 0.5) is 0 Å². The molecule has 0 unspecified atom stereocenters. The van der Waals surface area contributed by atoms with E-state index in [1.54, 1.807) is 0 Å². The van der Waals surface area contributed by atoms with Gasteiger partial charge in [-0.05, 0) is 0 Å². The number of carbonyl (C=O) groups excluding carboxylic acids is 2. The summed E-state index contributed by atoms with van der Waals surface area (Å²) in [6.07, 6.45) is -4.97. The van der Waals surface area contributed by atoms with Crippen molar-refractivity contribution in [3.8, 4) is 0 Å². The molecule has 114 valence electrons.